The van der Waals surface area contributed by atoms with Crippen LogP contribution in [0.25, 0.3) is 0 Å². The highest BCUT2D eigenvalue weighted by atomic mass is 19.1. The fourth-order valence-electron chi connectivity index (χ4n) is 1.48. The van der Waals surface area contributed by atoms with E-state index in [4.69, 9.17) is 9.47 Å². The fourth-order valence-corrected chi connectivity index (χ4v) is 1.48. The molecule has 0 amide bonds. The Bertz CT molecular complexity index is 523. The van der Waals surface area contributed by atoms with Crippen molar-refractivity contribution in [1.82, 2.24) is 0 Å². The first-order valence-electron chi connectivity index (χ1n) is 5.43. The summed E-state index contributed by atoms with van der Waals surface area (Å²) in [4.78, 5) is 0. The lowest BCUT2D eigenvalue weighted by atomic mass is 10.2. The van der Waals surface area contributed by atoms with Crippen LogP contribution in [-0.4, -0.2) is 12.2 Å². The molecule has 0 heterocycles. The molecular formula is C14H13FO3. The summed E-state index contributed by atoms with van der Waals surface area (Å²) < 4.78 is 23.1. The third-order valence-corrected chi connectivity index (χ3v) is 2.50. The van der Waals surface area contributed by atoms with Crippen molar-refractivity contribution in [3.63, 3.8) is 0 Å². The Morgan fingerprint density at radius 2 is 1.72 bits per heavy atom. The lowest BCUT2D eigenvalue weighted by Gasteiger charge is -2.09. The van der Waals surface area contributed by atoms with Crippen LogP contribution in [0.15, 0.2) is 42.5 Å². The number of ether oxygens (including phenoxy) is 2. The Balaban J connectivity index is 2.04. The lowest BCUT2D eigenvalue weighted by Crippen LogP contribution is -1.96. The average Bonchev–Trinajstić information content (AvgIpc) is 2.39. The molecule has 4 heteroatoms. The first-order chi connectivity index (χ1) is 8.69. The van der Waals surface area contributed by atoms with Gasteiger partial charge in [-0.2, -0.15) is 0 Å². The molecule has 2 rings (SSSR count). The first kappa shape index (κ1) is 12.2. The van der Waals surface area contributed by atoms with E-state index in [0.717, 1.165) is 0 Å². The number of phenols is 1. The van der Waals surface area contributed by atoms with E-state index in [1.165, 1.54) is 37.4 Å². The van der Waals surface area contributed by atoms with E-state index in [0.29, 0.717) is 17.1 Å². The minimum Gasteiger partial charge on any atom is -0.507 e. The molecule has 0 saturated heterocycles. The van der Waals surface area contributed by atoms with Gasteiger partial charge in [-0.15, -0.1) is 0 Å². The summed E-state index contributed by atoms with van der Waals surface area (Å²) >= 11 is 0. The summed E-state index contributed by atoms with van der Waals surface area (Å²) in [6.07, 6.45) is 0. The summed E-state index contributed by atoms with van der Waals surface area (Å²) in [7, 11) is 1.53. The third-order valence-electron chi connectivity index (χ3n) is 2.50. The summed E-state index contributed by atoms with van der Waals surface area (Å²) in [6.45, 7) is 0.210. The van der Waals surface area contributed by atoms with E-state index in [1.807, 2.05) is 0 Å². The van der Waals surface area contributed by atoms with Crippen molar-refractivity contribution < 1.29 is 19.0 Å². The second kappa shape index (κ2) is 5.40. The second-order valence-electron chi connectivity index (χ2n) is 3.74. The van der Waals surface area contributed by atoms with Crippen molar-refractivity contribution in [2.45, 2.75) is 6.61 Å². The molecule has 0 unspecified atom stereocenters. The van der Waals surface area contributed by atoms with E-state index >= 15 is 0 Å². The average molecular weight is 248 g/mol. The zero-order chi connectivity index (χ0) is 13.0. The van der Waals surface area contributed by atoms with Crippen molar-refractivity contribution in [3.05, 3.63) is 53.8 Å². The molecule has 0 aliphatic carbocycles. The van der Waals surface area contributed by atoms with Gasteiger partial charge in [0.1, 0.15) is 29.7 Å². The van der Waals surface area contributed by atoms with Crippen LogP contribution in [0.1, 0.15) is 5.56 Å². The van der Waals surface area contributed by atoms with Gasteiger partial charge in [0.2, 0.25) is 0 Å². The Labute approximate surface area is 104 Å². The number of aromatic hydroxyl groups is 1. The minimum absolute atomic E-state index is 0.108. The highest BCUT2D eigenvalue weighted by Gasteiger charge is 2.04. The third kappa shape index (κ3) is 2.91. The van der Waals surface area contributed by atoms with Gasteiger partial charge in [-0.3, -0.25) is 0 Å². The molecule has 0 radical (unpaired) electrons. The zero-order valence-electron chi connectivity index (χ0n) is 9.89. The molecule has 0 aromatic heterocycles. The molecule has 0 aliphatic heterocycles. The van der Waals surface area contributed by atoms with Gasteiger partial charge in [0.15, 0.2) is 0 Å². The molecule has 3 nitrogen and oxygen atoms in total. The molecule has 2 aromatic carbocycles. The smallest absolute Gasteiger partial charge is 0.125 e. The maximum Gasteiger partial charge on any atom is 0.125 e. The quantitative estimate of drug-likeness (QED) is 0.903. The van der Waals surface area contributed by atoms with Crippen molar-refractivity contribution in [2.24, 2.45) is 0 Å². The maximum absolute atomic E-state index is 12.7. The number of hydrogen-bond acceptors (Lipinski definition) is 3. The number of halogens is 1. The van der Waals surface area contributed by atoms with Gasteiger partial charge in [-0.25, -0.2) is 4.39 Å². The van der Waals surface area contributed by atoms with E-state index < -0.39 is 0 Å². The number of methoxy groups -OCH3 is 1. The van der Waals surface area contributed by atoms with Crippen LogP contribution in [-0.2, 0) is 6.61 Å². The van der Waals surface area contributed by atoms with Gasteiger partial charge >= 0.3 is 0 Å². The summed E-state index contributed by atoms with van der Waals surface area (Å²) in [5.74, 6) is 0.927. The van der Waals surface area contributed by atoms with E-state index in [9.17, 15) is 9.50 Å². The number of phenolic OH excluding ortho intramolecular Hbond substituents is 1. The fraction of sp³-hybridized carbons (Fsp3) is 0.143. The Kier molecular flexibility index (Phi) is 3.67. The standard InChI is InChI=1S/C14H13FO3/c1-17-13-5-2-10(14(16)8-13)9-18-12-6-3-11(15)4-7-12/h2-8,16H,9H2,1H3. The normalized spacial score (nSPS) is 10.1. The van der Waals surface area contributed by atoms with Gasteiger partial charge in [-0.1, -0.05) is 0 Å². The van der Waals surface area contributed by atoms with E-state index in [1.54, 1.807) is 12.1 Å². The van der Waals surface area contributed by atoms with Crippen molar-refractivity contribution in [3.8, 4) is 17.2 Å². The van der Waals surface area contributed by atoms with Gasteiger partial charge in [0.05, 0.1) is 7.11 Å². The van der Waals surface area contributed by atoms with Gasteiger partial charge in [0.25, 0.3) is 0 Å². The molecule has 1 N–H and O–H groups in total. The maximum atomic E-state index is 12.7. The topological polar surface area (TPSA) is 38.7 Å². The molecule has 0 atom stereocenters. The SMILES string of the molecule is COc1ccc(COc2ccc(F)cc2)c(O)c1. The lowest BCUT2D eigenvalue weighted by molar-refractivity contribution is 0.298. The highest BCUT2D eigenvalue weighted by molar-refractivity contribution is 5.39. The predicted octanol–water partition coefficient (Wildman–Crippen LogP) is 3.12. The van der Waals surface area contributed by atoms with Crippen LogP contribution in [0.4, 0.5) is 4.39 Å². The molecule has 0 spiro atoms. The van der Waals surface area contributed by atoms with Gasteiger partial charge < -0.3 is 14.6 Å². The molecule has 2 aromatic rings. The summed E-state index contributed by atoms with van der Waals surface area (Å²) in [6, 6.07) is 10.7. The van der Waals surface area contributed by atoms with Crippen LogP contribution in [0.3, 0.4) is 0 Å². The Morgan fingerprint density at radius 3 is 2.33 bits per heavy atom. The van der Waals surface area contributed by atoms with Crippen molar-refractivity contribution in [1.29, 1.82) is 0 Å². The molecule has 0 saturated carbocycles. The minimum atomic E-state index is -0.311. The van der Waals surface area contributed by atoms with Crippen LogP contribution in [0.5, 0.6) is 17.2 Å². The molecule has 0 aliphatic rings. The first-order valence-corrected chi connectivity index (χ1v) is 5.43. The molecular weight excluding hydrogens is 235 g/mol. The summed E-state index contributed by atoms with van der Waals surface area (Å²) in [5.41, 5.74) is 0.639. The van der Waals surface area contributed by atoms with E-state index in [-0.39, 0.29) is 18.2 Å². The van der Waals surface area contributed by atoms with Crippen LogP contribution in [0.2, 0.25) is 0 Å². The highest BCUT2D eigenvalue weighted by Crippen LogP contribution is 2.24. The number of hydrogen-bond donors (Lipinski definition) is 1. The predicted molar refractivity (Wildman–Crippen MR) is 65.4 cm³/mol. The van der Waals surface area contributed by atoms with Crippen molar-refractivity contribution in [2.75, 3.05) is 7.11 Å². The number of benzene rings is 2. The molecule has 18 heavy (non-hydrogen) atoms. The molecule has 94 valence electrons. The molecule has 0 fully saturated rings. The molecule has 0 bridgehead atoms. The number of rotatable bonds is 4. The summed E-state index contributed by atoms with van der Waals surface area (Å²) in [5, 5.41) is 9.72. The Hall–Kier alpha value is -2.23. The largest absolute Gasteiger partial charge is 0.507 e. The Morgan fingerprint density at radius 1 is 1.06 bits per heavy atom. The zero-order valence-corrected chi connectivity index (χ0v) is 9.89. The van der Waals surface area contributed by atoms with E-state index in [2.05, 4.69) is 0 Å². The van der Waals surface area contributed by atoms with Gasteiger partial charge in [-0.05, 0) is 36.4 Å². The van der Waals surface area contributed by atoms with Crippen LogP contribution >= 0.6 is 0 Å². The van der Waals surface area contributed by atoms with Crippen LogP contribution in [0, 0.1) is 5.82 Å². The van der Waals surface area contributed by atoms with Crippen molar-refractivity contribution >= 4 is 0 Å². The second-order valence-corrected chi connectivity index (χ2v) is 3.74. The van der Waals surface area contributed by atoms with Crippen LogP contribution < -0.4 is 9.47 Å². The monoisotopic (exact) mass is 248 g/mol. The van der Waals surface area contributed by atoms with Gasteiger partial charge in [0, 0.05) is 11.6 Å².